The van der Waals surface area contributed by atoms with E-state index in [0.717, 1.165) is 0 Å². The summed E-state index contributed by atoms with van der Waals surface area (Å²) >= 11 is 0. The zero-order valence-electron chi connectivity index (χ0n) is 21.3. The summed E-state index contributed by atoms with van der Waals surface area (Å²) in [6.07, 6.45) is 0. The minimum atomic E-state index is 0.332. The highest BCUT2D eigenvalue weighted by Crippen LogP contribution is 1.86. The van der Waals surface area contributed by atoms with Crippen LogP contribution in [0.5, 0.6) is 0 Å². The van der Waals surface area contributed by atoms with Gasteiger partial charge in [0, 0.05) is 18.1 Å². The molecule has 0 rings (SSSR count). The van der Waals surface area contributed by atoms with Gasteiger partial charge in [0.05, 0.1) is 126 Å². The standard InChI is InChI=1S/C22H45N3O10/c1-2-26-5-6-28-9-10-30-13-14-32-17-18-34-21-22-35-20-19-33-16-15-31-12-11-29-8-7-27-4-3-24-25-23/h2-22H2,1H3. The van der Waals surface area contributed by atoms with Gasteiger partial charge >= 0.3 is 0 Å². The zero-order valence-corrected chi connectivity index (χ0v) is 21.3. The van der Waals surface area contributed by atoms with Crippen LogP contribution in [0.4, 0.5) is 0 Å². The maximum absolute atomic E-state index is 8.11. The zero-order chi connectivity index (χ0) is 25.3. The number of ether oxygens (including phenoxy) is 10. The predicted molar refractivity (Wildman–Crippen MR) is 128 cm³/mol. The largest absolute Gasteiger partial charge is 0.379 e. The highest BCUT2D eigenvalue weighted by Gasteiger charge is 1.95. The quantitative estimate of drug-likeness (QED) is 0.0581. The number of azide groups is 1. The molecule has 35 heavy (non-hydrogen) atoms. The Morgan fingerprint density at radius 1 is 0.400 bits per heavy atom. The van der Waals surface area contributed by atoms with E-state index in [4.69, 9.17) is 52.9 Å². The molecule has 0 radical (unpaired) electrons. The summed E-state index contributed by atoms with van der Waals surface area (Å²) in [6.45, 7) is 12.8. The van der Waals surface area contributed by atoms with Crippen molar-refractivity contribution in [2.24, 2.45) is 5.11 Å². The molecular formula is C22H45N3O10. The number of hydrogen-bond acceptors (Lipinski definition) is 11. The van der Waals surface area contributed by atoms with E-state index in [9.17, 15) is 0 Å². The molecule has 0 amide bonds. The van der Waals surface area contributed by atoms with Crippen molar-refractivity contribution in [3.8, 4) is 0 Å². The first-order chi connectivity index (χ1) is 17.4. The Hall–Kier alpha value is -1.09. The second-order valence-electron chi connectivity index (χ2n) is 6.66. The Balaban J connectivity index is 3.01. The van der Waals surface area contributed by atoms with Crippen molar-refractivity contribution in [2.75, 3.05) is 139 Å². The summed E-state index contributed by atoms with van der Waals surface area (Å²) in [6, 6.07) is 0. The normalized spacial score (nSPS) is 11.1. The molecule has 0 N–H and O–H groups in total. The molecule has 208 valence electrons. The Morgan fingerprint density at radius 2 is 0.629 bits per heavy atom. The van der Waals surface area contributed by atoms with Gasteiger partial charge in [-0.1, -0.05) is 5.11 Å². The van der Waals surface area contributed by atoms with Crippen molar-refractivity contribution in [3.05, 3.63) is 10.4 Å². The highest BCUT2D eigenvalue weighted by molar-refractivity contribution is 4.44. The van der Waals surface area contributed by atoms with Crippen LogP contribution in [0.15, 0.2) is 5.11 Å². The Bertz CT molecular complexity index is 446. The van der Waals surface area contributed by atoms with Crippen LogP contribution in [0.2, 0.25) is 0 Å². The minimum absolute atomic E-state index is 0.332. The van der Waals surface area contributed by atoms with Gasteiger partial charge in [-0.2, -0.15) is 0 Å². The number of rotatable bonds is 31. The topological polar surface area (TPSA) is 141 Å². The maximum atomic E-state index is 8.11. The van der Waals surface area contributed by atoms with Crippen LogP contribution in [0.3, 0.4) is 0 Å². The molecule has 0 aromatic heterocycles. The third-order valence-corrected chi connectivity index (χ3v) is 3.95. The summed E-state index contributed by atoms with van der Waals surface area (Å²) in [5.74, 6) is 0. The van der Waals surface area contributed by atoms with E-state index < -0.39 is 0 Å². The molecule has 0 saturated heterocycles. The van der Waals surface area contributed by atoms with Crippen molar-refractivity contribution < 1.29 is 47.4 Å². The maximum Gasteiger partial charge on any atom is 0.0701 e. The number of hydrogen-bond donors (Lipinski definition) is 0. The highest BCUT2D eigenvalue weighted by atomic mass is 16.6. The first-order valence-electron chi connectivity index (χ1n) is 12.2. The lowest BCUT2D eigenvalue weighted by Crippen LogP contribution is -2.15. The van der Waals surface area contributed by atoms with E-state index in [1.165, 1.54) is 0 Å². The van der Waals surface area contributed by atoms with Gasteiger partial charge in [-0.25, -0.2) is 0 Å². The van der Waals surface area contributed by atoms with Crippen LogP contribution in [0.25, 0.3) is 10.4 Å². The summed E-state index contributed by atoms with van der Waals surface area (Å²) in [5.41, 5.74) is 8.11. The monoisotopic (exact) mass is 511 g/mol. The van der Waals surface area contributed by atoms with E-state index in [0.29, 0.717) is 139 Å². The van der Waals surface area contributed by atoms with Crippen molar-refractivity contribution >= 4 is 0 Å². The molecule has 0 unspecified atom stereocenters. The van der Waals surface area contributed by atoms with Gasteiger partial charge in [-0.15, -0.1) is 0 Å². The number of nitrogens with zero attached hydrogens (tertiary/aromatic N) is 3. The van der Waals surface area contributed by atoms with Gasteiger partial charge < -0.3 is 47.4 Å². The molecule has 0 aliphatic carbocycles. The molecule has 0 aromatic rings. The van der Waals surface area contributed by atoms with Crippen LogP contribution in [0.1, 0.15) is 6.92 Å². The smallest absolute Gasteiger partial charge is 0.0701 e. The minimum Gasteiger partial charge on any atom is -0.379 e. The molecule has 0 aliphatic rings. The SMILES string of the molecule is CCOCCOCCOCCOCCOCCOCCOCCOCCOCCOCCN=[N+]=[N-]. The molecule has 0 fully saturated rings. The first kappa shape index (κ1) is 33.9. The summed E-state index contributed by atoms with van der Waals surface area (Å²) in [4.78, 5) is 2.64. The van der Waals surface area contributed by atoms with Crippen molar-refractivity contribution in [2.45, 2.75) is 6.92 Å². The average molecular weight is 512 g/mol. The van der Waals surface area contributed by atoms with Gasteiger partial charge in [-0.3, -0.25) is 0 Å². The lowest BCUT2D eigenvalue weighted by Gasteiger charge is -2.09. The van der Waals surface area contributed by atoms with Crippen LogP contribution in [-0.4, -0.2) is 139 Å². The van der Waals surface area contributed by atoms with Crippen LogP contribution >= 0.6 is 0 Å². The van der Waals surface area contributed by atoms with Crippen molar-refractivity contribution in [3.63, 3.8) is 0 Å². The van der Waals surface area contributed by atoms with E-state index in [1.54, 1.807) is 0 Å². The van der Waals surface area contributed by atoms with Crippen molar-refractivity contribution in [1.29, 1.82) is 0 Å². The van der Waals surface area contributed by atoms with Gasteiger partial charge in [0.25, 0.3) is 0 Å². The molecule has 0 aromatic carbocycles. The molecule has 0 saturated carbocycles. The molecular weight excluding hydrogens is 466 g/mol. The summed E-state index contributed by atoms with van der Waals surface area (Å²) in [5, 5.41) is 3.37. The lowest BCUT2D eigenvalue weighted by atomic mass is 10.6. The second-order valence-corrected chi connectivity index (χ2v) is 6.66. The van der Waals surface area contributed by atoms with Gasteiger partial charge in [-0.05, 0) is 12.5 Å². The molecule has 0 spiro atoms. The van der Waals surface area contributed by atoms with Gasteiger partial charge in [0.2, 0.25) is 0 Å². The lowest BCUT2D eigenvalue weighted by molar-refractivity contribution is -0.0261. The van der Waals surface area contributed by atoms with Crippen LogP contribution < -0.4 is 0 Å². The third-order valence-electron chi connectivity index (χ3n) is 3.95. The summed E-state index contributed by atoms with van der Waals surface area (Å²) < 4.78 is 53.6. The first-order valence-corrected chi connectivity index (χ1v) is 12.2. The molecule has 0 heterocycles. The molecule has 0 bridgehead atoms. The Morgan fingerprint density at radius 3 is 0.857 bits per heavy atom. The fourth-order valence-corrected chi connectivity index (χ4v) is 2.27. The Labute approximate surface area is 209 Å². The van der Waals surface area contributed by atoms with Gasteiger partial charge in [0.1, 0.15) is 0 Å². The summed E-state index contributed by atoms with van der Waals surface area (Å²) in [7, 11) is 0. The predicted octanol–water partition coefficient (Wildman–Crippen LogP) is 1.48. The average Bonchev–Trinajstić information content (AvgIpc) is 2.87. The van der Waals surface area contributed by atoms with E-state index >= 15 is 0 Å². The fraction of sp³-hybridized carbons (Fsp3) is 1.00. The molecule has 13 heteroatoms. The molecule has 0 atom stereocenters. The second kappa shape index (κ2) is 32.9. The third kappa shape index (κ3) is 32.9. The fourth-order valence-electron chi connectivity index (χ4n) is 2.27. The van der Waals surface area contributed by atoms with Gasteiger partial charge in [0.15, 0.2) is 0 Å². The van der Waals surface area contributed by atoms with Crippen LogP contribution in [0, 0.1) is 0 Å². The molecule has 13 nitrogen and oxygen atoms in total. The van der Waals surface area contributed by atoms with E-state index in [2.05, 4.69) is 10.0 Å². The Kier molecular flexibility index (Phi) is 31.9. The van der Waals surface area contributed by atoms with Crippen molar-refractivity contribution in [1.82, 2.24) is 0 Å². The van der Waals surface area contributed by atoms with E-state index in [1.807, 2.05) is 6.92 Å². The molecule has 0 aliphatic heterocycles. The van der Waals surface area contributed by atoms with Crippen LogP contribution in [-0.2, 0) is 47.4 Å². The van der Waals surface area contributed by atoms with E-state index in [-0.39, 0.29) is 0 Å².